The summed E-state index contributed by atoms with van der Waals surface area (Å²) < 4.78 is 11.3. The minimum atomic E-state index is -0.374. The number of imide groups is 1. The van der Waals surface area contributed by atoms with Gasteiger partial charge in [0.2, 0.25) is 0 Å². The second-order valence-electron chi connectivity index (χ2n) is 7.35. The van der Waals surface area contributed by atoms with Crippen molar-refractivity contribution in [1.82, 2.24) is 4.90 Å². The molecule has 2 amide bonds. The third-order valence-electron chi connectivity index (χ3n) is 4.97. The molecular formula is C25H18Cl3NO4S. The first-order chi connectivity index (χ1) is 16.3. The van der Waals surface area contributed by atoms with E-state index < -0.39 is 0 Å². The van der Waals surface area contributed by atoms with Gasteiger partial charge < -0.3 is 9.47 Å². The molecule has 1 fully saturated rings. The lowest BCUT2D eigenvalue weighted by atomic mass is 10.1. The van der Waals surface area contributed by atoms with Crippen molar-refractivity contribution in [3.8, 4) is 11.5 Å². The van der Waals surface area contributed by atoms with Gasteiger partial charge in [0.25, 0.3) is 11.1 Å². The van der Waals surface area contributed by atoms with Crippen LogP contribution in [0, 0.1) is 0 Å². The molecule has 0 spiro atoms. The largest absolute Gasteiger partial charge is 0.493 e. The van der Waals surface area contributed by atoms with Crippen LogP contribution in [0.25, 0.3) is 6.08 Å². The van der Waals surface area contributed by atoms with Gasteiger partial charge in [-0.3, -0.25) is 14.5 Å². The Morgan fingerprint density at radius 3 is 2.47 bits per heavy atom. The van der Waals surface area contributed by atoms with Crippen LogP contribution in [0.5, 0.6) is 11.5 Å². The van der Waals surface area contributed by atoms with E-state index in [-0.39, 0.29) is 17.7 Å². The number of amides is 2. The fraction of sp³-hybridized carbons (Fsp3) is 0.120. The van der Waals surface area contributed by atoms with E-state index in [1.54, 1.807) is 48.5 Å². The number of thioether (sulfide) groups is 1. The van der Waals surface area contributed by atoms with Gasteiger partial charge >= 0.3 is 0 Å². The maximum atomic E-state index is 12.9. The standard InChI is InChI=1S/C25H18Cl3NO4S/c1-32-22-11-15(6-8-21(22)33-14-17-3-2-4-18(26)9-17)12-23-24(30)29(25(31)34-23)13-16-5-7-19(27)20(28)10-16/h2-12H,13-14H2,1H3/b23-12-. The molecule has 34 heavy (non-hydrogen) atoms. The molecule has 0 N–H and O–H groups in total. The molecule has 3 aromatic carbocycles. The van der Waals surface area contributed by atoms with Crippen molar-refractivity contribution in [2.75, 3.05) is 7.11 Å². The lowest BCUT2D eigenvalue weighted by molar-refractivity contribution is -0.123. The first-order valence-electron chi connectivity index (χ1n) is 10.1. The summed E-state index contributed by atoms with van der Waals surface area (Å²) in [5, 5.41) is 1.06. The molecule has 1 saturated heterocycles. The molecule has 1 aliphatic heterocycles. The molecule has 3 aromatic rings. The number of rotatable bonds is 7. The molecule has 174 valence electrons. The van der Waals surface area contributed by atoms with Gasteiger partial charge in [0.1, 0.15) is 6.61 Å². The first-order valence-corrected chi connectivity index (χ1v) is 12.0. The van der Waals surface area contributed by atoms with E-state index in [0.29, 0.717) is 49.2 Å². The van der Waals surface area contributed by atoms with Crippen molar-refractivity contribution in [2.45, 2.75) is 13.2 Å². The van der Waals surface area contributed by atoms with Gasteiger partial charge in [-0.15, -0.1) is 0 Å². The molecule has 9 heteroatoms. The fourth-order valence-electron chi connectivity index (χ4n) is 3.29. The molecule has 1 heterocycles. The van der Waals surface area contributed by atoms with Gasteiger partial charge in [-0.05, 0) is 70.9 Å². The monoisotopic (exact) mass is 533 g/mol. The summed E-state index contributed by atoms with van der Waals surface area (Å²) in [5.41, 5.74) is 2.34. The number of hydrogen-bond donors (Lipinski definition) is 0. The number of halogens is 3. The summed E-state index contributed by atoms with van der Waals surface area (Å²) in [6, 6.07) is 17.7. The smallest absolute Gasteiger partial charge is 0.293 e. The SMILES string of the molecule is COc1cc(/C=C2\SC(=O)N(Cc3ccc(Cl)c(Cl)c3)C2=O)ccc1OCc1cccc(Cl)c1. The molecule has 0 radical (unpaired) electrons. The lowest BCUT2D eigenvalue weighted by Gasteiger charge is -2.13. The summed E-state index contributed by atoms with van der Waals surface area (Å²) in [6.07, 6.45) is 1.66. The van der Waals surface area contributed by atoms with E-state index in [1.165, 1.54) is 12.0 Å². The Bertz CT molecular complexity index is 1290. The van der Waals surface area contributed by atoms with E-state index in [9.17, 15) is 9.59 Å². The minimum Gasteiger partial charge on any atom is -0.493 e. The Morgan fingerprint density at radius 2 is 1.74 bits per heavy atom. The molecule has 0 saturated carbocycles. The Kier molecular flexibility index (Phi) is 7.73. The second kappa shape index (κ2) is 10.7. The average molecular weight is 535 g/mol. The quantitative estimate of drug-likeness (QED) is 0.294. The van der Waals surface area contributed by atoms with Gasteiger partial charge in [0.15, 0.2) is 11.5 Å². The molecule has 0 unspecified atom stereocenters. The third kappa shape index (κ3) is 5.70. The molecule has 4 rings (SSSR count). The van der Waals surface area contributed by atoms with Gasteiger partial charge in [-0.1, -0.05) is 59.1 Å². The highest BCUT2D eigenvalue weighted by Crippen LogP contribution is 2.36. The molecule has 0 atom stereocenters. The maximum Gasteiger partial charge on any atom is 0.293 e. The number of benzene rings is 3. The van der Waals surface area contributed by atoms with Crippen molar-refractivity contribution in [1.29, 1.82) is 0 Å². The number of ether oxygens (including phenoxy) is 2. The van der Waals surface area contributed by atoms with Gasteiger partial charge in [-0.25, -0.2) is 0 Å². The molecule has 0 aromatic heterocycles. The second-order valence-corrected chi connectivity index (χ2v) is 9.59. The van der Waals surface area contributed by atoms with Gasteiger partial charge in [0, 0.05) is 5.02 Å². The van der Waals surface area contributed by atoms with E-state index in [2.05, 4.69) is 0 Å². The van der Waals surface area contributed by atoms with Crippen LogP contribution in [0.3, 0.4) is 0 Å². The summed E-state index contributed by atoms with van der Waals surface area (Å²) in [5.74, 6) is 0.680. The molecule has 1 aliphatic rings. The Labute approximate surface area is 216 Å². The van der Waals surface area contributed by atoms with E-state index >= 15 is 0 Å². The highest BCUT2D eigenvalue weighted by Gasteiger charge is 2.35. The van der Waals surface area contributed by atoms with E-state index in [0.717, 1.165) is 17.3 Å². The van der Waals surface area contributed by atoms with Crippen LogP contribution in [-0.2, 0) is 17.9 Å². The summed E-state index contributed by atoms with van der Waals surface area (Å²) in [7, 11) is 1.54. The summed E-state index contributed by atoms with van der Waals surface area (Å²) in [4.78, 5) is 26.8. The summed E-state index contributed by atoms with van der Waals surface area (Å²) in [6.45, 7) is 0.433. The highest BCUT2D eigenvalue weighted by molar-refractivity contribution is 8.18. The van der Waals surface area contributed by atoms with Crippen molar-refractivity contribution < 1.29 is 19.1 Å². The van der Waals surface area contributed by atoms with Crippen LogP contribution >= 0.6 is 46.6 Å². The number of nitrogens with zero attached hydrogens (tertiary/aromatic N) is 1. The zero-order valence-corrected chi connectivity index (χ0v) is 21.0. The number of methoxy groups -OCH3 is 1. The molecule has 0 bridgehead atoms. The maximum absolute atomic E-state index is 12.9. The molecule has 0 aliphatic carbocycles. The van der Waals surface area contributed by atoms with Gasteiger partial charge in [-0.2, -0.15) is 0 Å². The Hall–Kier alpha value is -2.64. The zero-order chi connectivity index (χ0) is 24.2. The number of carbonyl (C=O) groups is 2. The predicted molar refractivity (Wildman–Crippen MR) is 137 cm³/mol. The van der Waals surface area contributed by atoms with Crippen LogP contribution in [0.4, 0.5) is 4.79 Å². The Balaban J connectivity index is 1.48. The topological polar surface area (TPSA) is 55.8 Å². The molecule has 5 nitrogen and oxygen atoms in total. The van der Waals surface area contributed by atoms with Crippen LogP contribution in [0.15, 0.2) is 65.6 Å². The fourth-order valence-corrected chi connectivity index (χ4v) is 4.66. The summed E-state index contributed by atoms with van der Waals surface area (Å²) >= 11 is 18.9. The van der Waals surface area contributed by atoms with Crippen molar-refractivity contribution >= 4 is 63.8 Å². The average Bonchev–Trinajstić information content (AvgIpc) is 3.07. The van der Waals surface area contributed by atoms with Crippen LogP contribution in [-0.4, -0.2) is 23.2 Å². The van der Waals surface area contributed by atoms with E-state index in [4.69, 9.17) is 44.3 Å². The molecular weight excluding hydrogens is 517 g/mol. The van der Waals surface area contributed by atoms with E-state index in [1.807, 2.05) is 18.2 Å². The zero-order valence-electron chi connectivity index (χ0n) is 17.9. The normalized spacial score (nSPS) is 14.7. The lowest BCUT2D eigenvalue weighted by Crippen LogP contribution is -2.27. The van der Waals surface area contributed by atoms with Crippen molar-refractivity contribution in [2.24, 2.45) is 0 Å². The van der Waals surface area contributed by atoms with Gasteiger partial charge in [0.05, 0.1) is 28.6 Å². The number of carbonyl (C=O) groups excluding carboxylic acids is 2. The van der Waals surface area contributed by atoms with Crippen LogP contribution < -0.4 is 9.47 Å². The van der Waals surface area contributed by atoms with Crippen LogP contribution in [0.1, 0.15) is 16.7 Å². The highest BCUT2D eigenvalue weighted by atomic mass is 35.5. The first kappa shape index (κ1) is 24.5. The van der Waals surface area contributed by atoms with Crippen LogP contribution in [0.2, 0.25) is 15.1 Å². The van der Waals surface area contributed by atoms with Crippen molar-refractivity contribution in [3.63, 3.8) is 0 Å². The van der Waals surface area contributed by atoms with Crippen molar-refractivity contribution in [3.05, 3.63) is 97.3 Å². The third-order valence-corrected chi connectivity index (χ3v) is 6.85. The number of hydrogen-bond acceptors (Lipinski definition) is 5. The minimum absolute atomic E-state index is 0.110. The predicted octanol–water partition coefficient (Wildman–Crippen LogP) is 7.47. The Morgan fingerprint density at radius 1 is 0.912 bits per heavy atom.